The van der Waals surface area contributed by atoms with Crippen LogP contribution < -0.4 is 4.74 Å². The van der Waals surface area contributed by atoms with Crippen molar-refractivity contribution in [1.29, 1.82) is 0 Å². The Bertz CT molecular complexity index is 377. The lowest BCUT2D eigenvalue weighted by atomic mass is 10.1. The van der Waals surface area contributed by atoms with Crippen LogP contribution in [-0.2, 0) is 9.53 Å². The van der Waals surface area contributed by atoms with Gasteiger partial charge in [-0.15, -0.1) is 0 Å². The summed E-state index contributed by atoms with van der Waals surface area (Å²) in [5.41, 5.74) is 0.251. The van der Waals surface area contributed by atoms with Crippen LogP contribution in [0, 0.1) is 0 Å². The Kier molecular flexibility index (Phi) is 4.94. The van der Waals surface area contributed by atoms with Crippen molar-refractivity contribution >= 4 is 5.97 Å². The molecule has 0 radical (unpaired) electrons. The predicted molar refractivity (Wildman–Crippen MR) is 62.7 cm³/mol. The summed E-state index contributed by atoms with van der Waals surface area (Å²) in [5, 5.41) is 0. The number of halogens is 1. The smallest absolute Gasteiger partial charge is 0.345 e. The minimum Gasteiger partial charge on any atom is -0.491 e. The zero-order valence-electron chi connectivity index (χ0n) is 10.3. The zero-order valence-corrected chi connectivity index (χ0v) is 10.3. The average Bonchev–Trinajstić information content (AvgIpc) is 2.28. The van der Waals surface area contributed by atoms with Crippen LogP contribution in [-0.4, -0.2) is 18.7 Å². The van der Waals surface area contributed by atoms with Crippen molar-refractivity contribution in [3.63, 3.8) is 0 Å². The first-order valence-electron chi connectivity index (χ1n) is 5.62. The fraction of sp³-hybridized carbons (Fsp3) is 0.462. The van der Waals surface area contributed by atoms with Crippen LogP contribution in [0.2, 0.25) is 0 Å². The predicted octanol–water partition coefficient (Wildman–Crippen LogP) is 3.05. The van der Waals surface area contributed by atoms with E-state index in [1.54, 1.807) is 19.1 Å². The minimum absolute atomic E-state index is 0.00547. The van der Waals surface area contributed by atoms with Crippen LogP contribution in [0.1, 0.15) is 32.5 Å². The Balaban J connectivity index is 2.80. The van der Waals surface area contributed by atoms with Crippen LogP contribution in [0.15, 0.2) is 24.3 Å². The van der Waals surface area contributed by atoms with E-state index < -0.39 is 12.1 Å². The van der Waals surface area contributed by atoms with Gasteiger partial charge in [-0.2, -0.15) is 0 Å². The van der Waals surface area contributed by atoms with Crippen molar-refractivity contribution in [2.45, 2.75) is 33.0 Å². The van der Waals surface area contributed by atoms with Gasteiger partial charge in [-0.3, -0.25) is 0 Å². The fourth-order valence-electron chi connectivity index (χ4n) is 1.37. The summed E-state index contributed by atoms with van der Waals surface area (Å²) in [5.74, 6) is -0.321. The molecule has 0 aliphatic heterocycles. The van der Waals surface area contributed by atoms with Crippen molar-refractivity contribution in [2.24, 2.45) is 0 Å². The number of carbonyl (C=O) groups is 1. The molecule has 0 saturated heterocycles. The minimum atomic E-state index is -1.76. The average molecular weight is 240 g/mol. The van der Waals surface area contributed by atoms with E-state index in [0.717, 1.165) is 0 Å². The highest BCUT2D eigenvalue weighted by molar-refractivity contribution is 5.76. The van der Waals surface area contributed by atoms with Gasteiger partial charge in [0.05, 0.1) is 12.7 Å². The number of rotatable bonds is 5. The first kappa shape index (κ1) is 13.5. The summed E-state index contributed by atoms with van der Waals surface area (Å²) in [6.07, 6.45) is -1.75. The summed E-state index contributed by atoms with van der Waals surface area (Å²) in [6, 6.07) is 6.43. The highest BCUT2D eigenvalue weighted by Gasteiger charge is 2.21. The maximum Gasteiger partial charge on any atom is 0.345 e. The summed E-state index contributed by atoms with van der Waals surface area (Å²) in [4.78, 5) is 11.2. The molecule has 0 N–H and O–H groups in total. The van der Waals surface area contributed by atoms with Gasteiger partial charge in [-0.25, -0.2) is 9.18 Å². The Labute approximate surface area is 101 Å². The third-order valence-corrected chi connectivity index (χ3v) is 2.02. The maximum atomic E-state index is 13.7. The number of ether oxygens (including phenoxy) is 2. The van der Waals surface area contributed by atoms with Crippen molar-refractivity contribution in [3.05, 3.63) is 29.8 Å². The molecule has 0 saturated carbocycles. The van der Waals surface area contributed by atoms with E-state index in [9.17, 15) is 9.18 Å². The van der Waals surface area contributed by atoms with Gasteiger partial charge < -0.3 is 9.47 Å². The van der Waals surface area contributed by atoms with Gasteiger partial charge in [0.1, 0.15) is 5.75 Å². The molecular formula is C13H17FO3. The topological polar surface area (TPSA) is 35.5 Å². The number of alkyl halides is 1. The van der Waals surface area contributed by atoms with Crippen LogP contribution in [0.5, 0.6) is 5.75 Å². The summed E-state index contributed by atoms with van der Waals surface area (Å²) < 4.78 is 23.8. The molecule has 0 amide bonds. The normalized spacial score (nSPS) is 12.3. The molecule has 1 unspecified atom stereocenters. The third-order valence-electron chi connectivity index (χ3n) is 2.02. The lowest BCUT2D eigenvalue weighted by Crippen LogP contribution is -2.12. The number of benzene rings is 1. The molecule has 0 heterocycles. The third kappa shape index (κ3) is 4.06. The molecule has 94 valence electrons. The number of esters is 1. The van der Waals surface area contributed by atoms with E-state index in [1.165, 1.54) is 12.1 Å². The first-order chi connectivity index (χ1) is 8.04. The molecule has 0 spiro atoms. The molecule has 0 aromatic heterocycles. The van der Waals surface area contributed by atoms with Gasteiger partial charge in [0, 0.05) is 5.56 Å². The quantitative estimate of drug-likeness (QED) is 0.742. The standard InChI is InChI=1S/C13H17FO3/c1-4-16-13(15)12(14)10-6-5-7-11(8-10)17-9(2)3/h5-9,12H,4H2,1-3H3. The Morgan fingerprint density at radius 1 is 1.41 bits per heavy atom. The number of carbonyl (C=O) groups excluding carboxylic acids is 1. The Morgan fingerprint density at radius 2 is 2.12 bits per heavy atom. The molecule has 1 aromatic rings. The van der Waals surface area contributed by atoms with E-state index >= 15 is 0 Å². The highest BCUT2D eigenvalue weighted by atomic mass is 19.1. The van der Waals surface area contributed by atoms with Crippen molar-refractivity contribution < 1.29 is 18.7 Å². The molecule has 0 bridgehead atoms. The lowest BCUT2D eigenvalue weighted by molar-refractivity contribution is -0.149. The summed E-state index contributed by atoms with van der Waals surface area (Å²) in [7, 11) is 0. The zero-order chi connectivity index (χ0) is 12.8. The van der Waals surface area contributed by atoms with Gasteiger partial charge in [0.2, 0.25) is 6.17 Å². The fourth-order valence-corrected chi connectivity index (χ4v) is 1.37. The molecule has 1 rings (SSSR count). The molecular weight excluding hydrogens is 223 g/mol. The first-order valence-corrected chi connectivity index (χ1v) is 5.62. The molecule has 1 aromatic carbocycles. The second-order valence-corrected chi connectivity index (χ2v) is 3.85. The van der Waals surface area contributed by atoms with Gasteiger partial charge in [-0.05, 0) is 32.9 Å². The molecule has 3 nitrogen and oxygen atoms in total. The van der Waals surface area contributed by atoms with Gasteiger partial charge in [0.25, 0.3) is 0 Å². The monoisotopic (exact) mass is 240 g/mol. The Hall–Kier alpha value is -1.58. The van der Waals surface area contributed by atoms with E-state index in [-0.39, 0.29) is 18.3 Å². The van der Waals surface area contributed by atoms with Crippen molar-refractivity contribution in [2.75, 3.05) is 6.61 Å². The van der Waals surface area contributed by atoms with Crippen LogP contribution in [0.25, 0.3) is 0 Å². The molecule has 1 atom stereocenters. The molecule has 17 heavy (non-hydrogen) atoms. The van der Waals surface area contributed by atoms with E-state index in [4.69, 9.17) is 4.74 Å². The largest absolute Gasteiger partial charge is 0.491 e. The maximum absolute atomic E-state index is 13.7. The molecule has 0 aliphatic carbocycles. The van der Waals surface area contributed by atoms with Crippen molar-refractivity contribution in [3.8, 4) is 5.75 Å². The van der Waals surface area contributed by atoms with Crippen LogP contribution in [0.3, 0.4) is 0 Å². The Morgan fingerprint density at radius 3 is 2.71 bits per heavy atom. The number of hydrogen-bond donors (Lipinski definition) is 0. The van der Waals surface area contributed by atoms with Crippen LogP contribution in [0.4, 0.5) is 4.39 Å². The van der Waals surface area contributed by atoms with E-state index in [2.05, 4.69) is 4.74 Å². The van der Waals surface area contributed by atoms with Gasteiger partial charge in [0.15, 0.2) is 0 Å². The van der Waals surface area contributed by atoms with E-state index in [0.29, 0.717) is 5.75 Å². The summed E-state index contributed by atoms with van der Waals surface area (Å²) in [6.45, 7) is 5.57. The SMILES string of the molecule is CCOC(=O)C(F)c1cccc(OC(C)C)c1. The van der Waals surface area contributed by atoms with Gasteiger partial charge >= 0.3 is 5.97 Å². The second kappa shape index (κ2) is 6.23. The second-order valence-electron chi connectivity index (χ2n) is 3.85. The van der Waals surface area contributed by atoms with Gasteiger partial charge in [-0.1, -0.05) is 12.1 Å². The van der Waals surface area contributed by atoms with Crippen LogP contribution >= 0.6 is 0 Å². The summed E-state index contributed by atoms with van der Waals surface area (Å²) >= 11 is 0. The lowest BCUT2D eigenvalue weighted by Gasteiger charge is -2.12. The van der Waals surface area contributed by atoms with E-state index in [1.807, 2.05) is 13.8 Å². The molecule has 0 fully saturated rings. The number of hydrogen-bond acceptors (Lipinski definition) is 3. The molecule has 0 aliphatic rings. The highest BCUT2D eigenvalue weighted by Crippen LogP contribution is 2.23. The van der Waals surface area contributed by atoms with Crippen molar-refractivity contribution in [1.82, 2.24) is 0 Å². The molecule has 4 heteroatoms.